The lowest BCUT2D eigenvalue weighted by Gasteiger charge is -2.06. The molecule has 0 unspecified atom stereocenters. The molecule has 0 saturated carbocycles. The number of hydrogen-bond donors (Lipinski definition) is 0. The van der Waals surface area contributed by atoms with Crippen LogP contribution < -0.4 is 4.74 Å². The first kappa shape index (κ1) is 9.64. The standard InChI is InChI=1S/C10H7FINO/c1-14-9-3-2-7(11)10-6(9)4-13-5-8(10)12/h2-5H,1H3. The average molecular weight is 303 g/mol. The van der Waals surface area contributed by atoms with Crippen LogP contribution in [0.1, 0.15) is 0 Å². The highest BCUT2D eigenvalue weighted by atomic mass is 127. The van der Waals surface area contributed by atoms with Gasteiger partial charge in [-0.3, -0.25) is 4.98 Å². The van der Waals surface area contributed by atoms with Crippen LogP contribution in [0.4, 0.5) is 4.39 Å². The van der Waals surface area contributed by atoms with Gasteiger partial charge in [-0.2, -0.15) is 0 Å². The van der Waals surface area contributed by atoms with Gasteiger partial charge in [-0.05, 0) is 34.7 Å². The fraction of sp³-hybridized carbons (Fsp3) is 0.100. The summed E-state index contributed by atoms with van der Waals surface area (Å²) in [6, 6.07) is 3.01. The SMILES string of the molecule is COc1ccc(F)c2c(I)cncc12. The predicted molar refractivity (Wildman–Crippen MR) is 61.0 cm³/mol. The van der Waals surface area contributed by atoms with Gasteiger partial charge in [0.2, 0.25) is 0 Å². The zero-order valence-corrected chi connectivity index (χ0v) is 9.58. The normalized spacial score (nSPS) is 10.5. The number of benzene rings is 1. The fourth-order valence-corrected chi connectivity index (χ4v) is 2.07. The van der Waals surface area contributed by atoms with Crippen LogP contribution in [0, 0.1) is 9.39 Å². The van der Waals surface area contributed by atoms with E-state index in [4.69, 9.17) is 4.74 Å². The molecule has 0 bridgehead atoms. The summed E-state index contributed by atoms with van der Waals surface area (Å²) in [6.07, 6.45) is 3.24. The Morgan fingerprint density at radius 2 is 2.14 bits per heavy atom. The molecular weight excluding hydrogens is 296 g/mol. The van der Waals surface area contributed by atoms with Crippen LogP contribution in [0.3, 0.4) is 0 Å². The van der Waals surface area contributed by atoms with E-state index in [-0.39, 0.29) is 5.82 Å². The third kappa shape index (κ3) is 1.43. The second-order valence-corrected chi connectivity index (χ2v) is 3.96. The highest BCUT2D eigenvalue weighted by molar-refractivity contribution is 14.1. The quantitative estimate of drug-likeness (QED) is 0.756. The second-order valence-electron chi connectivity index (χ2n) is 2.79. The maximum atomic E-state index is 13.5. The summed E-state index contributed by atoms with van der Waals surface area (Å²) < 4.78 is 19.4. The Bertz CT molecular complexity index is 479. The zero-order valence-electron chi connectivity index (χ0n) is 7.42. The summed E-state index contributed by atoms with van der Waals surface area (Å²) in [5.41, 5.74) is 0. The Kier molecular flexibility index (Phi) is 2.54. The molecule has 14 heavy (non-hydrogen) atoms. The molecule has 0 amide bonds. The molecule has 0 fully saturated rings. The average Bonchev–Trinajstić information content (AvgIpc) is 2.18. The van der Waals surface area contributed by atoms with Crippen molar-refractivity contribution < 1.29 is 9.13 Å². The molecule has 1 aromatic heterocycles. The summed E-state index contributed by atoms with van der Waals surface area (Å²) >= 11 is 2.06. The molecule has 0 N–H and O–H groups in total. The minimum absolute atomic E-state index is 0.243. The van der Waals surface area contributed by atoms with Crippen molar-refractivity contribution in [1.82, 2.24) is 4.98 Å². The third-order valence-electron chi connectivity index (χ3n) is 2.00. The molecule has 2 nitrogen and oxygen atoms in total. The number of methoxy groups -OCH3 is 1. The van der Waals surface area contributed by atoms with E-state index in [9.17, 15) is 4.39 Å². The maximum Gasteiger partial charge on any atom is 0.132 e. The van der Waals surface area contributed by atoms with Crippen molar-refractivity contribution in [3.8, 4) is 5.75 Å². The van der Waals surface area contributed by atoms with E-state index in [0.29, 0.717) is 16.5 Å². The van der Waals surface area contributed by atoms with Crippen molar-refractivity contribution in [2.24, 2.45) is 0 Å². The van der Waals surface area contributed by atoms with Gasteiger partial charge in [0.15, 0.2) is 0 Å². The Hall–Kier alpha value is -0.910. The lowest BCUT2D eigenvalue weighted by molar-refractivity contribution is 0.419. The monoisotopic (exact) mass is 303 g/mol. The highest BCUT2D eigenvalue weighted by Crippen LogP contribution is 2.29. The number of aromatic nitrogens is 1. The summed E-state index contributed by atoms with van der Waals surface area (Å²) in [5.74, 6) is 0.403. The minimum atomic E-state index is -0.243. The van der Waals surface area contributed by atoms with Gasteiger partial charge < -0.3 is 4.74 Å². The molecule has 0 aliphatic rings. The molecule has 0 radical (unpaired) electrons. The Balaban J connectivity index is 2.91. The van der Waals surface area contributed by atoms with Crippen LogP contribution in [0.5, 0.6) is 5.75 Å². The first-order valence-electron chi connectivity index (χ1n) is 3.99. The van der Waals surface area contributed by atoms with Gasteiger partial charge in [0.25, 0.3) is 0 Å². The number of rotatable bonds is 1. The van der Waals surface area contributed by atoms with Crippen molar-refractivity contribution >= 4 is 33.4 Å². The zero-order chi connectivity index (χ0) is 10.1. The van der Waals surface area contributed by atoms with Gasteiger partial charge in [0.1, 0.15) is 11.6 Å². The number of ether oxygens (including phenoxy) is 1. The van der Waals surface area contributed by atoms with Crippen molar-refractivity contribution in [3.05, 3.63) is 33.9 Å². The molecule has 1 aromatic carbocycles. The summed E-state index contributed by atoms with van der Waals surface area (Å²) in [5, 5.41) is 1.28. The van der Waals surface area contributed by atoms with Crippen molar-refractivity contribution in [2.45, 2.75) is 0 Å². The smallest absolute Gasteiger partial charge is 0.132 e. The van der Waals surface area contributed by atoms with E-state index >= 15 is 0 Å². The van der Waals surface area contributed by atoms with Gasteiger partial charge in [0, 0.05) is 26.7 Å². The lowest BCUT2D eigenvalue weighted by Crippen LogP contribution is -1.90. The van der Waals surface area contributed by atoms with Crippen molar-refractivity contribution in [3.63, 3.8) is 0 Å². The molecule has 0 spiro atoms. The van der Waals surface area contributed by atoms with E-state index in [0.717, 1.165) is 3.57 Å². The highest BCUT2D eigenvalue weighted by Gasteiger charge is 2.09. The number of fused-ring (bicyclic) bond motifs is 1. The first-order valence-corrected chi connectivity index (χ1v) is 5.07. The van der Waals surface area contributed by atoms with E-state index in [1.165, 1.54) is 6.07 Å². The van der Waals surface area contributed by atoms with Gasteiger partial charge in [-0.15, -0.1) is 0 Å². The molecule has 1 heterocycles. The van der Waals surface area contributed by atoms with Gasteiger partial charge in [-0.25, -0.2) is 4.39 Å². The van der Waals surface area contributed by atoms with E-state index in [1.807, 2.05) is 0 Å². The van der Waals surface area contributed by atoms with Crippen molar-refractivity contribution in [1.29, 1.82) is 0 Å². The van der Waals surface area contributed by atoms with Crippen LogP contribution in [0.15, 0.2) is 24.5 Å². The Morgan fingerprint density at radius 1 is 1.36 bits per heavy atom. The third-order valence-corrected chi connectivity index (χ3v) is 2.82. The first-order chi connectivity index (χ1) is 6.74. The largest absolute Gasteiger partial charge is 0.496 e. The Labute approximate surface area is 94.2 Å². The van der Waals surface area contributed by atoms with Gasteiger partial charge in [-0.1, -0.05) is 0 Å². The summed E-state index contributed by atoms with van der Waals surface area (Å²) in [4.78, 5) is 4.01. The van der Waals surface area contributed by atoms with Crippen LogP contribution in [-0.2, 0) is 0 Å². The molecule has 72 valence electrons. The number of pyridine rings is 1. The molecule has 0 aliphatic heterocycles. The lowest BCUT2D eigenvalue weighted by atomic mass is 10.1. The molecule has 4 heteroatoms. The Morgan fingerprint density at radius 3 is 2.86 bits per heavy atom. The topological polar surface area (TPSA) is 22.1 Å². The molecule has 0 saturated heterocycles. The van der Waals surface area contributed by atoms with Gasteiger partial charge >= 0.3 is 0 Å². The molecule has 0 atom stereocenters. The fourth-order valence-electron chi connectivity index (χ4n) is 1.36. The molecular formula is C10H7FINO. The summed E-state index contributed by atoms with van der Waals surface area (Å²) in [7, 11) is 1.56. The minimum Gasteiger partial charge on any atom is -0.496 e. The van der Waals surface area contributed by atoms with E-state index in [2.05, 4.69) is 27.6 Å². The number of nitrogens with zero attached hydrogens (tertiary/aromatic N) is 1. The number of hydrogen-bond acceptors (Lipinski definition) is 2. The maximum absolute atomic E-state index is 13.5. The number of halogens is 2. The second kappa shape index (κ2) is 3.68. The summed E-state index contributed by atoms with van der Waals surface area (Å²) in [6.45, 7) is 0. The van der Waals surface area contributed by atoms with Crippen LogP contribution in [-0.4, -0.2) is 12.1 Å². The molecule has 0 aliphatic carbocycles. The van der Waals surface area contributed by atoms with Crippen molar-refractivity contribution in [2.75, 3.05) is 7.11 Å². The van der Waals surface area contributed by atoms with Crippen LogP contribution in [0.25, 0.3) is 10.8 Å². The van der Waals surface area contributed by atoms with E-state index < -0.39 is 0 Å². The van der Waals surface area contributed by atoms with E-state index in [1.54, 1.807) is 25.6 Å². The molecule has 2 rings (SSSR count). The van der Waals surface area contributed by atoms with Gasteiger partial charge in [0.05, 0.1) is 7.11 Å². The van der Waals surface area contributed by atoms with Crippen LogP contribution >= 0.6 is 22.6 Å². The predicted octanol–water partition coefficient (Wildman–Crippen LogP) is 2.99. The van der Waals surface area contributed by atoms with Crippen LogP contribution in [0.2, 0.25) is 0 Å². The molecule has 2 aromatic rings.